The third-order valence-corrected chi connectivity index (χ3v) is 4.06. The summed E-state index contributed by atoms with van der Waals surface area (Å²) < 4.78 is 4.73. The SMILES string of the molecule is CCCN(CCCO)C(=O)C1=Cc2ccc(C(=O)OC)cc2N=C(N)C1. The topological polar surface area (TPSA) is 105 Å². The Balaban J connectivity index is 2.36. The fourth-order valence-electron chi connectivity index (χ4n) is 2.82. The normalized spacial score (nSPS) is 13.2. The molecule has 7 nitrogen and oxygen atoms in total. The second kappa shape index (κ2) is 9.15. The van der Waals surface area contributed by atoms with Gasteiger partial charge < -0.3 is 20.5 Å². The number of benzene rings is 1. The van der Waals surface area contributed by atoms with Gasteiger partial charge in [0.1, 0.15) is 5.84 Å². The van der Waals surface area contributed by atoms with E-state index in [0.717, 1.165) is 12.0 Å². The molecular weight excluding hydrogens is 334 g/mol. The van der Waals surface area contributed by atoms with Crippen LogP contribution in [0.2, 0.25) is 0 Å². The van der Waals surface area contributed by atoms with Crippen molar-refractivity contribution in [2.75, 3.05) is 26.8 Å². The summed E-state index contributed by atoms with van der Waals surface area (Å²) in [5, 5.41) is 9.05. The van der Waals surface area contributed by atoms with Crippen LogP contribution in [0.15, 0.2) is 28.8 Å². The number of aliphatic hydroxyl groups is 1. The summed E-state index contributed by atoms with van der Waals surface area (Å²) in [7, 11) is 1.32. The first-order valence-electron chi connectivity index (χ1n) is 8.66. The maximum atomic E-state index is 12.9. The standard InChI is InChI=1S/C19H25N3O4/c1-3-7-22(8-4-9-23)18(24)15-10-13-5-6-14(19(25)26-2)11-16(13)21-17(20)12-15/h5-6,10-11,23H,3-4,7-9,12H2,1-2H3,(H2,20,21). The second-order valence-electron chi connectivity index (χ2n) is 6.08. The van der Waals surface area contributed by atoms with Crippen LogP contribution in [0.4, 0.5) is 5.69 Å². The molecule has 1 amide bonds. The molecule has 0 fully saturated rings. The molecule has 1 aromatic carbocycles. The number of rotatable bonds is 7. The number of hydrogen-bond donors (Lipinski definition) is 2. The van der Waals surface area contributed by atoms with E-state index in [0.29, 0.717) is 42.2 Å². The van der Waals surface area contributed by atoms with Crippen LogP contribution in [0.5, 0.6) is 0 Å². The van der Waals surface area contributed by atoms with Crippen LogP contribution >= 0.6 is 0 Å². The van der Waals surface area contributed by atoms with Gasteiger partial charge in [-0.05, 0) is 31.1 Å². The molecule has 0 unspecified atom stereocenters. The summed E-state index contributed by atoms with van der Waals surface area (Å²) in [5.74, 6) is -0.253. The molecule has 7 heteroatoms. The summed E-state index contributed by atoms with van der Waals surface area (Å²) in [5.41, 5.74) is 8.17. The Morgan fingerprint density at radius 3 is 2.77 bits per heavy atom. The van der Waals surface area contributed by atoms with E-state index in [1.165, 1.54) is 7.11 Å². The largest absolute Gasteiger partial charge is 0.465 e. The lowest BCUT2D eigenvalue weighted by molar-refractivity contribution is -0.127. The van der Waals surface area contributed by atoms with E-state index in [2.05, 4.69) is 4.99 Å². The number of methoxy groups -OCH3 is 1. The first-order valence-corrected chi connectivity index (χ1v) is 8.66. The first kappa shape index (κ1) is 19.7. The van der Waals surface area contributed by atoms with Gasteiger partial charge in [-0.3, -0.25) is 4.79 Å². The van der Waals surface area contributed by atoms with E-state index < -0.39 is 5.97 Å². The Hall–Kier alpha value is -2.67. The van der Waals surface area contributed by atoms with Crippen LogP contribution in [0.3, 0.4) is 0 Å². The molecule has 26 heavy (non-hydrogen) atoms. The third kappa shape index (κ3) is 4.70. The van der Waals surface area contributed by atoms with Gasteiger partial charge in [0.15, 0.2) is 0 Å². The van der Waals surface area contributed by atoms with Crippen molar-refractivity contribution in [2.45, 2.75) is 26.2 Å². The number of amidine groups is 1. The van der Waals surface area contributed by atoms with Crippen molar-refractivity contribution in [3.05, 3.63) is 34.9 Å². The maximum Gasteiger partial charge on any atom is 0.337 e. The van der Waals surface area contributed by atoms with Gasteiger partial charge in [-0.25, -0.2) is 9.79 Å². The van der Waals surface area contributed by atoms with Gasteiger partial charge in [-0.1, -0.05) is 13.0 Å². The van der Waals surface area contributed by atoms with Crippen LogP contribution in [-0.4, -0.2) is 54.5 Å². The molecule has 0 radical (unpaired) electrons. The van der Waals surface area contributed by atoms with E-state index in [1.807, 2.05) is 6.92 Å². The smallest absolute Gasteiger partial charge is 0.337 e. The molecule has 0 saturated carbocycles. The number of fused-ring (bicyclic) bond motifs is 1. The van der Waals surface area contributed by atoms with E-state index in [9.17, 15) is 9.59 Å². The predicted molar refractivity (Wildman–Crippen MR) is 100 cm³/mol. The zero-order chi connectivity index (χ0) is 19.1. The van der Waals surface area contributed by atoms with E-state index >= 15 is 0 Å². The minimum Gasteiger partial charge on any atom is -0.465 e. The highest BCUT2D eigenvalue weighted by atomic mass is 16.5. The van der Waals surface area contributed by atoms with Crippen LogP contribution in [0, 0.1) is 0 Å². The number of aliphatic imine (C=N–C) groups is 1. The van der Waals surface area contributed by atoms with Gasteiger partial charge in [0.2, 0.25) is 5.91 Å². The molecule has 0 aliphatic carbocycles. The number of amides is 1. The molecule has 0 aromatic heterocycles. The average molecular weight is 359 g/mol. The minimum absolute atomic E-state index is 0.0370. The molecular formula is C19H25N3O4. The molecule has 1 aromatic rings. The van der Waals surface area contributed by atoms with Crippen molar-refractivity contribution >= 4 is 29.5 Å². The highest BCUT2D eigenvalue weighted by Crippen LogP contribution is 2.28. The number of nitrogens with zero attached hydrogens (tertiary/aromatic N) is 2. The summed E-state index contributed by atoms with van der Waals surface area (Å²) >= 11 is 0. The molecule has 0 spiro atoms. The van der Waals surface area contributed by atoms with Crippen molar-refractivity contribution in [1.82, 2.24) is 4.90 Å². The lowest BCUT2D eigenvalue weighted by Gasteiger charge is -2.23. The van der Waals surface area contributed by atoms with Gasteiger partial charge in [0.05, 0.1) is 18.4 Å². The number of aliphatic hydroxyl groups excluding tert-OH is 1. The van der Waals surface area contributed by atoms with Gasteiger partial charge in [-0.2, -0.15) is 0 Å². The van der Waals surface area contributed by atoms with E-state index in [1.54, 1.807) is 29.2 Å². The van der Waals surface area contributed by atoms with E-state index in [4.69, 9.17) is 15.6 Å². The summed E-state index contributed by atoms with van der Waals surface area (Å²) in [6, 6.07) is 4.97. The summed E-state index contributed by atoms with van der Waals surface area (Å²) in [4.78, 5) is 30.7. The van der Waals surface area contributed by atoms with Gasteiger partial charge in [0.25, 0.3) is 0 Å². The average Bonchev–Trinajstić information content (AvgIpc) is 2.81. The number of nitrogens with two attached hydrogens (primary N) is 1. The number of carbonyl (C=O) groups excluding carboxylic acids is 2. The Labute approximate surface area is 153 Å². The van der Waals surface area contributed by atoms with E-state index in [-0.39, 0.29) is 18.9 Å². The van der Waals surface area contributed by atoms with Crippen LogP contribution < -0.4 is 5.73 Å². The first-order chi connectivity index (χ1) is 12.5. The molecule has 0 bridgehead atoms. The number of ether oxygens (including phenoxy) is 1. The highest BCUT2D eigenvalue weighted by Gasteiger charge is 2.21. The molecule has 1 aliphatic heterocycles. The zero-order valence-corrected chi connectivity index (χ0v) is 15.2. The molecule has 0 saturated heterocycles. The Kier molecular flexibility index (Phi) is 6.91. The third-order valence-electron chi connectivity index (χ3n) is 4.06. The Morgan fingerprint density at radius 1 is 1.35 bits per heavy atom. The number of esters is 1. The fraction of sp³-hybridized carbons (Fsp3) is 0.421. The quantitative estimate of drug-likeness (QED) is 0.723. The lowest BCUT2D eigenvalue weighted by Crippen LogP contribution is -2.35. The monoisotopic (exact) mass is 359 g/mol. The van der Waals surface area contributed by atoms with Gasteiger partial charge >= 0.3 is 5.97 Å². The highest BCUT2D eigenvalue weighted by molar-refractivity contribution is 6.05. The molecule has 140 valence electrons. The van der Waals surface area contributed by atoms with Crippen molar-refractivity contribution in [3.8, 4) is 0 Å². The van der Waals surface area contributed by atoms with Crippen molar-refractivity contribution in [3.63, 3.8) is 0 Å². The van der Waals surface area contributed by atoms with Crippen molar-refractivity contribution in [2.24, 2.45) is 10.7 Å². The molecule has 0 atom stereocenters. The van der Waals surface area contributed by atoms with Crippen LogP contribution in [0.1, 0.15) is 42.1 Å². The Bertz CT molecular complexity index is 740. The fourth-order valence-corrected chi connectivity index (χ4v) is 2.82. The van der Waals surface area contributed by atoms with Gasteiger partial charge in [-0.15, -0.1) is 0 Å². The minimum atomic E-state index is -0.454. The predicted octanol–water partition coefficient (Wildman–Crippen LogP) is 1.87. The second-order valence-corrected chi connectivity index (χ2v) is 6.08. The van der Waals surface area contributed by atoms with Crippen molar-refractivity contribution < 1.29 is 19.4 Å². The Morgan fingerprint density at radius 2 is 2.12 bits per heavy atom. The maximum absolute atomic E-state index is 12.9. The van der Waals surface area contributed by atoms with Crippen LogP contribution in [0.25, 0.3) is 6.08 Å². The molecule has 3 N–H and O–H groups in total. The van der Waals surface area contributed by atoms with Crippen LogP contribution in [-0.2, 0) is 9.53 Å². The number of carbonyl (C=O) groups is 2. The molecule has 1 aliphatic rings. The summed E-state index contributed by atoms with van der Waals surface area (Å²) in [6.07, 6.45) is 3.36. The lowest BCUT2D eigenvalue weighted by atomic mass is 10.0. The molecule has 1 heterocycles. The zero-order valence-electron chi connectivity index (χ0n) is 15.2. The number of hydrogen-bond acceptors (Lipinski definition) is 6. The molecule has 2 rings (SSSR count). The van der Waals surface area contributed by atoms with Crippen molar-refractivity contribution in [1.29, 1.82) is 0 Å². The van der Waals surface area contributed by atoms with Gasteiger partial charge in [0, 0.05) is 37.3 Å². The summed E-state index contributed by atoms with van der Waals surface area (Å²) in [6.45, 7) is 3.14.